The molecule has 0 amide bonds. The van der Waals surface area contributed by atoms with Crippen LogP contribution in [-0.4, -0.2) is 22.9 Å². The van der Waals surface area contributed by atoms with Gasteiger partial charge >= 0.3 is 7.12 Å². The molecule has 0 aliphatic heterocycles. The number of rotatable bonds is 3. The molecule has 3 nitrogen and oxygen atoms in total. The fourth-order valence-corrected chi connectivity index (χ4v) is 1.33. The van der Waals surface area contributed by atoms with E-state index in [0.717, 1.165) is 5.56 Å². The summed E-state index contributed by atoms with van der Waals surface area (Å²) in [5, 5.41) is 18.1. The number of carbonyl (C=O) groups is 1. The molecule has 0 aliphatic rings. The SMILES string of the molecule is CCC(=O)c1cc(C)ccc1B(O)O. The van der Waals surface area contributed by atoms with Gasteiger partial charge in [0.25, 0.3) is 0 Å². The summed E-state index contributed by atoms with van der Waals surface area (Å²) in [4.78, 5) is 11.5. The highest BCUT2D eigenvalue weighted by Gasteiger charge is 2.19. The zero-order valence-electron chi connectivity index (χ0n) is 8.32. The van der Waals surface area contributed by atoms with Crippen LogP contribution < -0.4 is 5.46 Å². The van der Waals surface area contributed by atoms with Crippen LogP contribution in [0.2, 0.25) is 0 Å². The molecule has 0 unspecified atom stereocenters. The normalized spacial score (nSPS) is 10.0. The van der Waals surface area contributed by atoms with Gasteiger partial charge in [0.2, 0.25) is 0 Å². The molecule has 14 heavy (non-hydrogen) atoms. The Kier molecular flexibility index (Phi) is 3.44. The average Bonchev–Trinajstić information content (AvgIpc) is 2.16. The quantitative estimate of drug-likeness (QED) is 0.533. The van der Waals surface area contributed by atoms with Crippen molar-refractivity contribution in [1.29, 1.82) is 0 Å². The predicted molar refractivity (Wildman–Crippen MR) is 55.6 cm³/mol. The monoisotopic (exact) mass is 192 g/mol. The van der Waals surface area contributed by atoms with Gasteiger partial charge in [0.15, 0.2) is 5.78 Å². The number of Topliss-reactive ketones (excluding diaryl/α,β-unsaturated/α-hetero) is 1. The molecule has 2 N–H and O–H groups in total. The summed E-state index contributed by atoms with van der Waals surface area (Å²) >= 11 is 0. The first-order valence-corrected chi connectivity index (χ1v) is 4.56. The fourth-order valence-electron chi connectivity index (χ4n) is 1.33. The first-order valence-electron chi connectivity index (χ1n) is 4.56. The molecule has 4 heteroatoms. The minimum absolute atomic E-state index is 0.0724. The van der Waals surface area contributed by atoms with Crippen LogP contribution in [0.1, 0.15) is 29.3 Å². The van der Waals surface area contributed by atoms with E-state index in [9.17, 15) is 4.79 Å². The molecule has 0 heterocycles. The van der Waals surface area contributed by atoms with E-state index >= 15 is 0 Å². The number of aryl methyl sites for hydroxylation is 1. The predicted octanol–water partition coefficient (Wildman–Crippen LogP) is 0.268. The number of hydrogen-bond acceptors (Lipinski definition) is 3. The topological polar surface area (TPSA) is 57.5 Å². The van der Waals surface area contributed by atoms with Crippen LogP contribution in [0.25, 0.3) is 0 Å². The van der Waals surface area contributed by atoms with Crippen molar-refractivity contribution in [3.8, 4) is 0 Å². The molecule has 0 spiro atoms. The summed E-state index contributed by atoms with van der Waals surface area (Å²) in [5.74, 6) is -0.0724. The lowest BCUT2D eigenvalue weighted by Crippen LogP contribution is -2.34. The molecule has 0 atom stereocenters. The van der Waals surface area contributed by atoms with E-state index in [2.05, 4.69) is 0 Å². The number of carbonyl (C=O) groups excluding carboxylic acids is 1. The smallest absolute Gasteiger partial charge is 0.423 e. The maximum Gasteiger partial charge on any atom is 0.489 e. The Balaban J connectivity index is 3.22. The molecular formula is C10H13BO3. The van der Waals surface area contributed by atoms with Crippen LogP contribution in [0.3, 0.4) is 0 Å². The van der Waals surface area contributed by atoms with Crippen molar-refractivity contribution in [2.45, 2.75) is 20.3 Å². The van der Waals surface area contributed by atoms with E-state index in [0.29, 0.717) is 12.0 Å². The lowest BCUT2D eigenvalue weighted by Gasteiger charge is -2.07. The molecule has 0 saturated carbocycles. The molecule has 0 saturated heterocycles. The highest BCUT2D eigenvalue weighted by atomic mass is 16.4. The maximum absolute atomic E-state index is 11.5. The third-order valence-electron chi connectivity index (χ3n) is 2.11. The molecule has 0 aliphatic carbocycles. The number of benzene rings is 1. The molecule has 1 aromatic carbocycles. The van der Waals surface area contributed by atoms with Crippen molar-refractivity contribution < 1.29 is 14.8 Å². The van der Waals surface area contributed by atoms with Gasteiger partial charge in [0.1, 0.15) is 0 Å². The Morgan fingerprint density at radius 1 is 1.43 bits per heavy atom. The van der Waals surface area contributed by atoms with Crippen LogP contribution >= 0.6 is 0 Å². The van der Waals surface area contributed by atoms with Crippen molar-refractivity contribution in [2.75, 3.05) is 0 Å². The van der Waals surface area contributed by atoms with Crippen molar-refractivity contribution in [2.24, 2.45) is 0 Å². The molecule has 1 aromatic rings. The molecule has 0 radical (unpaired) electrons. The standard InChI is InChI=1S/C10H13BO3/c1-3-10(12)8-6-7(2)4-5-9(8)11(13)14/h4-6,13-14H,3H2,1-2H3. The van der Waals surface area contributed by atoms with Gasteiger partial charge in [0.05, 0.1) is 0 Å². The number of ketones is 1. The van der Waals surface area contributed by atoms with E-state index in [1.807, 2.05) is 6.92 Å². The van der Waals surface area contributed by atoms with E-state index in [4.69, 9.17) is 10.0 Å². The largest absolute Gasteiger partial charge is 0.489 e. The Hall–Kier alpha value is -1.13. The molecule has 0 bridgehead atoms. The van der Waals surface area contributed by atoms with Crippen molar-refractivity contribution in [1.82, 2.24) is 0 Å². The lowest BCUT2D eigenvalue weighted by molar-refractivity contribution is 0.0988. The van der Waals surface area contributed by atoms with Gasteiger partial charge in [-0.2, -0.15) is 0 Å². The average molecular weight is 192 g/mol. The van der Waals surface area contributed by atoms with E-state index in [1.54, 1.807) is 25.1 Å². The highest BCUT2D eigenvalue weighted by Crippen LogP contribution is 2.05. The zero-order chi connectivity index (χ0) is 10.7. The van der Waals surface area contributed by atoms with Crippen LogP contribution in [0.5, 0.6) is 0 Å². The van der Waals surface area contributed by atoms with Crippen molar-refractivity contribution >= 4 is 18.4 Å². The van der Waals surface area contributed by atoms with Gasteiger partial charge in [0, 0.05) is 12.0 Å². The fraction of sp³-hybridized carbons (Fsp3) is 0.300. The summed E-state index contributed by atoms with van der Waals surface area (Å²) in [5.41, 5.74) is 1.62. The van der Waals surface area contributed by atoms with Gasteiger partial charge in [-0.25, -0.2) is 0 Å². The van der Waals surface area contributed by atoms with E-state index in [1.165, 1.54) is 0 Å². The lowest BCUT2D eigenvalue weighted by atomic mass is 9.75. The van der Waals surface area contributed by atoms with Gasteiger partial charge < -0.3 is 10.0 Å². The second-order valence-electron chi connectivity index (χ2n) is 3.24. The number of hydrogen-bond donors (Lipinski definition) is 2. The van der Waals surface area contributed by atoms with Gasteiger partial charge in [-0.1, -0.05) is 24.6 Å². The molecule has 0 aromatic heterocycles. The second kappa shape index (κ2) is 4.40. The molecular weight excluding hydrogens is 179 g/mol. The Labute approximate surface area is 83.5 Å². The Morgan fingerprint density at radius 3 is 2.57 bits per heavy atom. The second-order valence-corrected chi connectivity index (χ2v) is 3.24. The van der Waals surface area contributed by atoms with Crippen LogP contribution in [-0.2, 0) is 0 Å². The summed E-state index contributed by atoms with van der Waals surface area (Å²) in [6.07, 6.45) is 0.364. The van der Waals surface area contributed by atoms with Crippen LogP contribution in [0, 0.1) is 6.92 Å². The molecule has 74 valence electrons. The van der Waals surface area contributed by atoms with E-state index in [-0.39, 0.29) is 11.2 Å². The minimum Gasteiger partial charge on any atom is -0.423 e. The summed E-state index contributed by atoms with van der Waals surface area (Å²) < 4.78 is 0. The third-order valence-corrected chi connectivity index (χ3v) is 2.11. The first-order chi connectivity index (χ1) is 6.56. The van der Waals surface area contributed by atoms with Gasteiger partial charge in [-0.3, -0.25) is 4.79 Å². The Bertz CT molecular complexity index is 347. The van der Waals surface area contributed by atoms with Gasteiger partial charge in [-0.05, 0) is 18.5 Å². The van der Waals surface area contributed by atoms with Crippen molar-refractivity contribution in [3.63, 3.8) is 0 Å². The van der Waals surface area contributed by atoms with Gasteiger partial charge in [-0.15, -0.1) is 0 Å². The van der Waals surface area contributed by atoms with Crippen molar-refractivity contribution in [3.05, 3.63) is 29.3 Å². The summed E-state index contributed by atoms with van der Waals surface area (Å²) in [6, 6.07) is 5.00. The molecule has 0 fully saturated rings. The van der Waals surface area contributed by atoms with Crippen LogP contribution in [0.15, 0.2) is 18.2 Å². The zero-order valence-corrected chi connectivity index (χ0v) is 8.32. The maximum atomic E-state index is 11.5. The minimum atomic E-state index is -1.58. The van der Waals surface area contributed by atoms with E-state index < -0.39 is 7.12 Å². The highest BCUT2D eigenvalue weighted by molar-refractivity contribution is 6.60. The molecule has 1 rings (SSSR count). The third kappa shape index (κ3) is 2.22. The summed E-state index contributed by atoms with van der Waals surface area (Å²) in [7, 11) is -1.58. The summed E-state index contributed by atoms with van der Waals surface area (Å²) in [6.45, 7) is 3.61. The first kappa shape index (κ1) is 11.0. The Morgan fingerprint density at radius 2 is 2.07 bits per heavy atom. The van der Waals surface area contributed by atoms with Crippen LogP contribution in [0.4, 0.5) is 0 Å².